The standard InChI is InChI=1S/C22H24N2O4S/c1-13-8-14(2)21(15(3)9-13)28-12-20(26)27-11-16-10-19(25)24-17-6-4-5-7-18(17)29-22(24)23-16/h8-10H,4-7,11-12H2,1-3H3. The molecule has 2 heterocycles. The highest BCUT2D eigenvalue weighted by atomic mass is 32.1. The normalized spacial score (nSPS) is 13.3. The van der Waals surface area contributed by atoms with Crippen LogP contribution in [0.4, 0.5) is 0 Å². The molecule has 1 aliphatic rings. The Morgan fingerprint density at radius 1 is 1.14 bits per heavy atom. The number of fused-ring (bicyclic) bond motifs is 3. The lowest BCUT2D eigenvalue weighted by molar-refractivity contribution is -0.147. The van der Waals surface area contributed by atoms with Gasteiger partial charge in [-0.2, -0.15) is 0 Å². The molecule has 0 unspecified atom stereocenters. The third-order valence-electron chi connectivity index (χ3n) is 5.13. The summed E-state index contributed by atoms with van der Waals surface area (Å²) in [5, 5.41) is 0. The molecule has 152 valence electrons. The van der Waals surface area contributed by atoms with Gasteiger partial charge in [0.25, 0.3) is 5.56 Å². The number of nitrogens with zero attached hydrogens (tertiary/aromatic N) is 2. The summed E-state index contributed by atoms with van der Waals surface area (Å²) in [6.45, 7) is 5.71. The van der Waals surface area contributed by atoms with E-state index in [0.29, 0.717) is 16.4 Å². The summed E-state index contributed by atoms with van der Waals surface area (Å²) in [5.41, 5.74) is 4.56. The van der Waals surface area contributed by atoms with Crippen molar-refractivity contribution in [1.29, 1.82) is 0 Å². The van der Waals surface area contributed by atoms with Gasteiger partial charge in [-0.1, -0.05) is 17.7 Å². The van der Waals surface area contributed by atoms with Crippen LogP contribution in [-0.4, -0.2) is 22.0 Å². The second-order valence-electron chi connectivity index (χ2n) is 7.56. The van der Waals surface area contributed by atoms with E-state index in [1.54, 1.807) is 15.7 Å². The van der Waals surface area contributed by atoms with Crippen molar-refractivity contribution in [2.75, 3.05) is 6.61 Å². The van der Waals surface area contributed by atoms with E-state index in [2.05, 4.69) is 4.98 Å². The fourth-order valence-electron chi connectivity index (χ4n) is 3.94. The SMILES string of the molecule is Cc1cc(C)c(OCC(=O)OCc2cc(=O)n3c4c(sc3n2)CCCC4)c(C)c1. The maximum atomic E-state index is 12.6. The molecule has 0 atom stereocenters. The van der Waals surface area contributed by atoms with Gasteiger partial charge < -0.3 is 9.47 Å². The van der Waals surface area contributed by atoms with E-state index in [-0.39, 0.29) is 18.8 Å². The van der Waals surface area contributed by atoms with Gasteiger partial charge in [0.1, 0.15) is 12.4 Å². The van der Waals surface area contributed by atoms with Crippen molar-refractivity contribution in [3.05, 3.63) is 61.5 Å². The number of benzene rings is 1. The Bertz CT molecular complexity index is 1120. The smallest absolute Gasteiger partial charge is 0.344 e. The largest absolute Gasteiger partial charge is 0.481 e. The number of rotatable bonds is 5. The fraction of sp³-hybridized carbons (Fsp3) is 0.409. The maximum absolute atomic E-state index is 12.6. The zero-order valence-electron chi connectivity index (χ0n) is 16.9. The lowest BCUT2D eigenvalue weighted by Gasteiger charge is -2.12. The minimum atomic E-state index is -0.489. The molecule has 0 aliphatic heterocycles. The molecule has 2 aromatic heterocycles. The molecule has 1 aliphatic carbocycles. The van der Waals surface area contributed by atoms with Crippen LogP contribution >= 0.6 is 11.3 Å². The molecule has 0 radical (unpaired) electrons. The van der Waals surface area contributed by atoms with Gasteiger partial charge in [0.05, 0.1) is 5.69 Å². The van der Waals surface area contributed by atoms with Crippen molar-refractivity contribution in [3.8, 4) is 5.75 Å². The number of ether oxygens (including phenoxy) is 2. The van der Waals surface area contributed by atoms with Crippen LogP contribution in [0, 0.1) is 20.8 Å². The highest BCUT2D eigenvalue weighted by Crippen LogP contribution is 2.28. The average Bonchev–Trinajstić information content (AvgIpc) is 3.04. The summed E-state index contributed by atoms with van der Waals surface area (Å²) in [7, 11) is 0. The zero-order chi connectivity index (χ0) is 20.5. The molecule has 6 nitrogen and oxygen atoms in total. The van der Waals surface area contributed by atoms with E-state index in [1.165, 1.54) is 10.9 Å². The quantitative estimate of drug-likeness (QED) is 0.598. The number of hydrogen-bond donors (Lipinski definition) is 0. The van der Waals surface area contributed by atoms with E-state index >= 15 is 0 Å². The van der Waals surface area contributed by atoms with E-state index in [0.717, 1.165) is 48.1 Å². The first-order valence-corrected chi connectivity index (χ1v) is 10.6. The summed E-state index contributed by atoms with van der Waals surface area (Å²) < 4.78 is 12.7. The molecule has 7 heteroatoms. The van der Waals surface area contributed by atoms with E-state index in [4.69, 9.17) is 9.47 Å². The Hall–Kier alpha value is -2.67. The van der Waals surface area contributed by atoms with E-state index in [9.17, 15) is 9.59 Å². The molecule has 4 rings (SSSR count). The fourth-order valence-corrected chi connectivity index (χ4v) is 5.17. The molecular weight excluding hydrogens is 388 g/mol. The lowest BCUT2D eigenvalue weighted by Crippen LogP contribution is -2.20. The molecule has 29 heavy (non-hydrogen) atoms. The first-order valence-electron chi connectivity index (χ1n) is 9.82. The van der Waals surface area contributed by atoms with Gasteiger partial charge in [0, 0.05) is 16.6 Å². The molecule has 0 spiro atoms. The number of esters is 1. The van der Waals surface area contributed by atoms with Gasteiger partial charge in [-0.3, -0.25) is 9.20 Å². The number of carbonyl (C=O) groups is 1. The van der Waals surface area contributed by atoms with Crippen LogP contribution in [0.3, 0.4) is 0 Å². The Labute approximate surface area is 173 Å². The van der Waals surface area contributed by atoms with Crippen LogP contribution in [0.15, 0.2) is 23.0 Å². The van der Waals surface area contributed by atoms with Gasteiger partial charge in [0.15, 0.2) is 11.6 Å². The van der Waals surface area contributed by atoms with Crippen molar-refractivity contribution in [2.24, 2.45) is 0 Å². The molecule has 1 aromatic carbocycles. The molecule has 3 aromatic rings. The van der Waals surface area contributed by atoms with Crippen LogP contribution in [-0.2, 0) is 29.0 Å². The minimum Gasteiger partial charge on any atom is -0.481 e. The van der Waals surface area contributed by atoms with Crippen LogP contribution in [0.1, 0.15) is 45.8 Å². The molecule has 0 saturated carbocycles. The summed E-state index contributed by atoms with van der Waals surface area (Å²) in [4.78, 5) is 31.1. The molecule has 0 bridgehead atoms. The summed E-state index contributed by atoms with van der Waals surface area (Å²) in [6, 6.07) is 5.48. The molecule has 0 saturated heterocycles. The Morgan fingerprint density at radius 3 is 2.62 bits per heavy atom. The average molecular weight is 413 g/mol. The topological polar surface area (TPSA) is 69.9 Å². The predicted molar refractivity (Wildman–Crippen MR) is 112 cm³/mol. The number of carbonyl (C=O) groups excluding carboxylic acids is 1. The van der Waals surface area contributed by atoms with Crippen LogP contribution in [0.25, 0.3) is 4.96 Å². The zero-order valence-corrected chi connectivity index (χ0v) is 17.7. The number of aryl methyl sites for hydroxylation is 5. The summed E-state index contributed by atoms with van der Waals surface area (Å²) in [5.74, 6) is 0.214. The third kappa shape index (κ3) is 4.05. The number of hydrogen-bond acceptors (Lipinski definition) is 6. The molecule has 0 amide bonds. The molecule has 0 fully saturated rings. The van der Waals surface area contributed by atoms with Gasteiger partial charge in [0.2, 0.25) is 0 Å². The van der Waals surface area contributed by atoms with Crippen LogP contribution in [0.2, 0.25) is 0 Å². The van der Waals surface area contributed by atoms with Crippen molar-refractivity contribution in [3.63, 3.8) is 0 Å². The van der Waals surface area contributed by atoms with E-state index < -0.39 is 5.97 Å². The first kappa shape index (κ1) is 19.6. The van der Waals surface area contributed by atoms with Crippen molar-refractivity contribution in [2.45, 2.75) is 53.1 Å². The van der Waals surface area contributed by atoms with Gasteiger partial charge >= 0.3 is 5.97 Å². The minimum absolute atomic E-state index is 0.0393. The van der Waals surface area contributed by atoms with Gasteiger partial charge in [-0.25, -0.2) is 9.78 Å². The third-order valence-corrected chi connectivity index (χ3v) is 6.28. The highest BCUT2D eigenvalue weighted by molar-refractivity contribution is 7.17. The number of aromatic nitrogens is 2. The molecule has 0 N–H and O–H groups in total. The Balaban J connectivity index is 1.42. The number of thiazole rings is 1. The van der Waals surface area contributed by atoms with Gasteiger partial charge in [-0.15, -0.1) is 11.3 Å². The van der Waals surface area contributed by atoms with Crippen molar-refractivity contribution >= 4 is 22.3 Å². The van der Waals surface area contributed by atoms with Crippen molar-refractivity contribution in [1.82, 2.24) is 9.38 Å². The predicted octanol–water partition coefficient (Wildman–Crippen LogP) is 3.68. The monoisotopic (exact) mass is 412 g/mol. The highest BCUT2D eigenvalue weighted by Gasteiger charge is 2.19. The summed E-state index contributed by atoms with van der Waals surface area (Å²) in [6.07, 6.45) is 4.17. The first-order chi connectivity index (χ1) is 13.9. The molecular formula is C22H24N2O4S. The second-order valence-corrected chi connectivity index (χ2v) is 8.62. The Morgan fingerprint density at radius 2 is 1.86 bits per heavy atom. The lowest BCUT2D eigenvalue weighted by atomic mass is 10.0. The van der Waals surface area contributed by atoms with E-state index in [1.807, 2.05) is 32.9 Å². The van der Waals surface area contributed by atoms with Crippen LogP contribution < -0.4 is 10.3 Å². The maximum Gasteiger partial charge on any atom is 0.344 e. The van der Waals surface area contributed by atoms with Gasteiger partial charge in [-0.05, 0) is 57.6 Å². The Kier molecular flexibility index (Phi) is 5.41. The second kappa shape index (κ2) is 7.99. The summed E-state index contributed by atoms with van der Waals surface area (Å²) >= 11 is 1.56. The van der Waals surface area contributed by atoms with Crippen molar-refractivity contribution < 1.29 is 14.3 Å². The van der Waals surface area contributed by atoms with Crippen LogP contribution in [0.5, 0.6) is 5.75 Å².